The molecule has 0 radical (unpaired) electrons. The van der Waals surface area contributed by atoms with Gasteiger partial charge in [-0.25, -0.2) is 9.18 Å². The van der Waals surface area contributed by atoms with Crippen molar-refractivity contribution in [3.8, 4) is 0 Å². The van der Waals surface area contributed by atoms with Crippen LogP contribution in [0, 0.1) is 0 Å². The van der Waals surface area contributed by atoms with E-state index >= 15 is 0 Å². The van der Waals surface area contributed by atoms with Gasteiger partial charge in [-0.3, -0.25) is 9.79 Å². The van der Waals surface area contributed by atoms with Crippen LogP contribution in [-0.2, 0) is 9.53 Å². The Morgan fingerprint density at radius 1 is 1.38 bits per heavy atom. The number of amides is 1. The Balaban J connectivity index is 1.62. The molecule has 1 saturated heterocycles. The third kappa shape index (κ3) is 4.12. The molecule has 142 valence electrons. The van der Waals surface area contributed by atoms with Crippen LogP contribution in [0.1, 0.15) is 6.92 Å². The van der Waals surface area contributed by atoms with Gasteiger partial charge in [0.2, 0.25) is 0 Å². The molecule has 2 aliphatic heterocycles. The van der Waals surface area contributed by atoms with E-state index in [1.807, 2.05) is 4.90 Å². The number of nitrogens with zero attached hydrogens (tertiary/aromatic N) is 3. The average molecular weight is 384 g/mol. The Kier molecular flexibility index (Phi) is 5.70. The summed E-state index contributed by atoms with van der Waals surface area (Å²) in [5.41, 5.74) is 0.477. The molecule has 0 saturated carbocycles. The summed E-state index contributed by atoms with van der Waals surface area (Å²) >= 11 is 1.09. The van der Waals surface area contributed by atoms with Crippen molar-refractivity contribution in [1.29, 1.82) is 0 Å². The fourth-order valence-corrected chi connectivity index (χ4v) is 3.73. The summed E-state index contributed by atoms with van der Waals surface area (Å²) in [6.45, 7) is 4.06. The number of halogens is 1. The zero-order valence-electron chi connectivity index (χ0n) is 14.4. The van der Waals surface area contributed by atoms with Gasteiger partial charge < -0.3 is 25.0 Å². The van der Waals surface area contributed by atoms with Crippen LogP contribution in [0.4, 0.5) is 9.18 Å². The fraction of sp³-hybridized carbons (Fsp3) is 0.562. The van der Waals surface area contributed by atoms with Gasteiger partial charge in [-0.15, -0.1) is 0 Å². The number of carbonyl (C=O) groups excluding carboxylic acids is 1. The number of hydrogen-bond acceptors (Lipinski definition) is 7. The van der Waals surface area contributed by atoms with Crippen LogP contribution in [-0.4, -0.2) is 82.8 Å². The van der Waals surface area contributed by atoms with Gasteiger partial charge in [0.25, 0.3) is 0 Å². The summed E-state index contributed by atoms with van der Waals surface area (Å²) < 4.78 is 19.5. The minimum Gasteiger partial charge on any atom is -0.481 e. The number of aliphatic imine (C=N–C) groups is 1. The Morgan fingerprint density at radius 3 is 2.77 bits per heavy atom. The highest BCUT2D eigenvalue weighted by Crippen LogP contribution is 2.29. The molecule has 0 aromatic rings. The fourth-order valence-electron chi connectivity index (χ4n) is 3.06. The van der Waals surface area contributed by atoms with E-state index < -0.39 is 5.97 Å². The highest BCUT2D eigenvalue weighted by atomic mass is 32.2. The number of nitrogens with one attached hydrogen (secondary N) is 1. The summed E-state index contributed by atoms with van der Waals surface area (Å²) in [7, 11) is 0. The molecular formula is C16H21FN4O4S. The third-order valence-electron chi connectivity index (χ3n) is 4.30. The second-order valence-corrected chi connectivity index (χ2v) is 6.98. The molecule has 1 aliphatic carbocycles. The Bertz CT molecular complexity index is 673. The maximum atomic E-state index is 14.5. The molecule has 0 aromatic carbocycles. The number of carbonyl (C=O) groups is 2. The molecule has 0 bridgehead atoms. The van der Waals surface area contributed by atoms with Crippen LogP contribution in [0.2, 0.25) is 0 Å². The summed E-state index contributed by atoms with van der Waals surface area (Å²) in [6, 6.07) is -0.556. The first-order valence-corrected chi connectivity index (χ1v) is 9.41. The molecule has 8 nitrogen and oxygen atoms in total. The van der Waals surface area contributed by atoms with Crippen molar-refractivity contribution in [3.63, 3.8) is 0 Å². The number of thioether (sulfide) groups is 1. The summed E-state index contributed by atoms with van der Waals surface area (Å²) in [5.74, 6) is -1.35. The molecule has 26 heavy (non-hydrogen) atoms. The summed E-state index contributed by atoms with van der Waals surface area (Å²) in [4.78, 5) is 30.4. The monoisotopic (exact) mass is 384 g/mol. The second-order valence-electron chi connectivity index (χ2n) is 6.02. The number of hydrogen-bond donors (Lipinski definition) is 2. The van der Waals surface area contributed by atoms with E-state index in [1.165, 1.54) is 6.08 Å². The maximum absolute atomic E-state index is 14.5. The van der Waals surface area contributed by atoms with Crippen LogP contribution in [0.3, 0.4) is 0 Å². The zero-order chi connectivity index (χ0) is 18.7. The van der Waals surface area contributed by atoms with Crippen LogP contribution in [0.15, 0.2) is 28.7 Å². The van der Waals surface area contributed by atoms with Gasteiger partial charge in [0.05, 0.1) is 30.1 Å². The molecular weight excluding hydrogens is 363 g/mol. The van der Waals surface area contributed by atoms with Crippen LogP contribution in [0.5, 0.6) is 0 Å². The summed E-state index contributed by atoms with van der Waals surface area (Å²) in [5, 5.41) is 12.3. The van der Waals surface area contributed by atoms with Crippen molar-refractivity contribution in [2.75, 3.05) is 38.5 Å². The Morgan fingerprint density at radius 2 is 2.12 bits per heavy atom. The van der Waals surface area contributed by atoms with E-state index in [4.69, 9.17) is 9.84 Å². The molecule has 2 N–H and O–H groups in total. The predicted molar refractivity (Wildman–Crippen MR) is 95.7 cm³/mol. The number of allylic oxidation sites excluding steroid dienone is 1. The Hall–Kier alpha value is -2.23. The van der Waals surface area contributed by atoms with Gasteiger partial charge in [0.1, 0.15) is 5.83 Å². The van der Waals surface area contributed by atoms with E-state index in [9.17, 15) is 14.0 Å². The number of piperazine rings is 1. The molecule has 2 atom stereocenters. The van der Waals surface area contributed by atoms with Gasteiger partial charge in [-0.1, -0.05) is 11.8 Å². The quantitative estimate of drug-likeness (QED) is 0.747. The molecule has 3 rings (SSSR count). The minimum absolute atomic E-state index is 0.0934. The van der Waals surface area contributed by atoms with Crippen LogP contribution in [0.25, 0.3) is 0 Å². The minimum atomic E-state index is -0.924. The number of rotatable bonds is 4. The summed E-state index contributed by atoms with van der Waals surface area (Å²) in [6.07, 6.45) is 2.90. The standard InChI is InChI=1S/C16H21FN4O4S/c1-2-25-16(24)21-5-3-20(4-6-21)13-8-12-11(7-10(13)17)18-15(19-12)26-9-14(22)23/h7-8,11-12H,2-6,9H2,1H3,(H,18,19)(H,22,23). The number of carboxylic acid groups (broad SMARTS) is 1. The number of aliphatic carboxylic acids is 1. The zero-order valence-corrected chi connectivity index (χ0v) is 15.2. The van der Waals surface area contributed by atoms with Crippen molar-refractivity contribution in [1.82, 2.24) is 15.1 Å². The number of fused-ring (bicyclic) bond motifs is 1. The van der Waals surface area contributed by atoms with E-state index in [1.54, 1.807) is 17.9 Å². The van der Waals surface area contributed by atoms with E-state index in [-0.39, 0.29) is 29.8 Å². The second kappa shape index (κ2) is 7.98. The SMILES string of the molecule is CCOC(=O)N1CCN(C2=CC3N=C(SCC(=O)O)NC3C=C2F)CC1. The highest BCUT2D eigenvalue weighted by molar-refractivity contribution is 8.14. The molecule has 10 heteroatoms. The normalized spacial score (nSPS) is 24.9. The van der Waals surface area contributed by atoms with E-state index in [0.717, 1.165) is 11.8 Å². The number of amidine groups is 1. The molecule has 3 aliphatic rings. The molecule has 1 fully saturated rings. The van der Waals surface area contributed by atoms with Crippen molar-refractivity contribution in [2.24, 2.45) is 4.99 Å². The lowest BCUT2D eigenvalue weighted by Gasteiger charge is -2.37. The smallest absolute Gasteiger partial charge is 0.409 e. The van der Waals surface area contributed by atoms with Crippen LogP contribution < -0.4 is 5.32 Å². The first kappa shape index (κ1) is 18.6. The molecule has 2 heterocycles. The van der Waals surface area contributed by atoms with Crippen molar-refractivity contribution in [3.05, 3.63) is 23.7 Å². The molecule has 0 aromatic heterocycles. The number of ether oxygens (including phenoxy) is 1. The lowest BCUT2D eigenvalue weighted by molar-refractivity contribution is -0.133. The largest absolute Gasteiger partial charge is 0.481 e. The molecule has 0 spiro atoms. The van der Waals surface area contributed by atoms with Gasteiger partial charge in [0, 0.05) is 26.2 Å². The van der Waals surface area contributed by atoms with Gasteiger partial charge in [0.15, 0.2) is 5.17 Å². The molecule has 1 amide bonds. The first-order chi connectivity index (χ1) is 12.5. The van der Waals surface area contributed by atoms with Crippen molar-refractivity contribution >= 4 is 29.0 Å². The van der Waals surface area contributed by atoms with Crippen molar-refractivity contribution < 1.29 is 23.8 Å². The average Bonchev–Trinajstić information content (AvgIpc) is 3.01. The topological polar surface area (TPSA) is 94.5 Å². The van der Waals surface area contributed by atoms with Gasteiger partial charge in [-0.2, -0.15) is 0 Å². The number of carboxylic acids is 1. The highest BCUT2D eigenvalue weighted by Gasteiger charge is 2.34. The van der Waals surface area contributed by atoms with Crippen LogP contribution >= 0.6 is 11.8 Å². The van der Waals surface area contributed by atoms with Gasteiger partial charge >= 0.3 is 12.1 Å². The predicted octanol–water partition coefficient (Wildman–Crippen LogP) is 1.03. The molecule has 2 unspecified atom stereocenters. The van der Waals surface area contributed by atoms with Gasteiger partial charge in [-0.05, 0) is 19.1 Å². The first-order valence-electron chi connectivity index (χ1n) is 8.43. The van der Waals surface area contributed by atoms with Crippen molar-refractivity contribution in [2.45, 2.75) is 19.0 Å². The lowest BCUT2D eigenvalue weighted by Crippen LogP contribution is -2.49. The lowest BCUT2D eigenvalue weighted by atomic mass is 10.0. The van der Waals surface area contributed by atoms with E-state index in [2.05, 4.69) is 10.3 Å². The Labute approximate surface area is 154 Å². The third-order valence-corrected chi connectivity index (χ3v) is 5.19. The van der Waals surface area contributed by atoms with E-state index in [0.29, 0.717) is 43.7 Å². The maximum Gasteiger partial charge on any atom is 0.409 e.